The normalized spacial score (nSPS) is 21.4. The van der Waals surface area contributed by atoms with Crippen LogP contribution in [0.5, 0.6) is 0 Å². The average molecular weight is 534 g/mol. The summed E-state index contributed by atoms with van der Waals surface area (Å²) >= 11 is 0. The second-order valence-electron chi connectivity index (χ2n) is 8.71. The van der Waals surface area contributed by atoms with Gasteiger partial charge in [-0.3, -0.25) is 14.5 Å². The van der Waals surface area contributed by atoms with Gasteiger partial charge in [0.25, 0.3) is 5.91 Å². The predicted molar refractivity (Wildman–Crippen MR) is 117 cm³/mol. The first-order valence-electron chi connectivity index (χ1n) is 11.2. The maximum Gasteiger partial charge on any atom is 0.416 e. The molecule has 3 N–H and O–H groups in total. The van der Waals surface area contributed by atoms with Crippen molar-refractivity contribution in [2.24, 2.45) is 0 Å². The highest BCUT2D eigenvalue weighted by molar-refractivity contribution is 6.00. The average Bonchev–Trinajstić information content (AvgIpc) is 2.82. The summed E-state index contributed by atoms with van der Waals surface area (Å²) in [5.41, 5.74) is 1.89. The molecule has 1 aromatic heterocycles. The minimum absolute atomic E-state index is 0.00548. The maximum atomic E-state index is 14.4. The van der Waals surface area contributed by atoms with Gasteiger partial charge in [-0.2, -0.15) is 30.7 Å². The second-order valence-corrected chi connectivity index (χ2v) is 8.71. The second kappa shape index (κ2) is 9.67. The van der Waals surface area contributed by atoms with E-state index >= 15 is 0 Å². The van der Waals surface area contributed by atoms with E-state index in [9.17, 15) is 40.3 Å². The Balaban J connectivity index is 1.57. The minimum Gasteiger partial charge on any atom is -0.381 e. The number of carbonyl (C=O) groups is 2. The number of nitrogens with one attached hydrogen (secondary N) is 1. The van der Waals surface area contributed by atoms with Gasteiger partial charge >= 0.3 is 12.4 Å². The van der Waals surface area contributed by atoms with Gasteiger partial charge in [-0.25, -0.2) is 9.97 Å². The van der Waals surface area contributed by atoms with Gasteiger partial charge in [0.05, 0.1) is 11.1 Å². The van der Waals surface area contributed by atoms with Crippen LogP contribution in [-0.4, -0.2) is 51.9 Å². The van der Waals surface area contributed by atoms with Gasteiger partial charge in [-0.05, 0) is 43.9 Å². The van der Waals surface area contributed by atoms with Gasteiger partial charge in [0, 0.05) is 18.8 Å². The van der Waals surface area contributed by atoms with Crippen LogP contribution in [0.25, 0.3) is 0 Å². The van der Waals surface area contributed by atoms with Crippen LogP contribution in [0.1, 0.15) is 36.8 Å². The monoisotopic (exact) mass is 534 g/mol. The molecule has 200 valence electrons. The minimum atomic E-state index is -5.04. The van der Waals surface area contributed by atoms with E-state index in [-0.39, 0.29) is 37.8 Å². The Morgan fingerprint density at radius 3 is 2.14 bits per heavy atom. The van der Waals surface area contributed by atoms with Crippen LogP contribution < -0.4 is 16.0 Å². The van der Waals surface area contributed by atoms with Crippen molar-refractivity contribution in [2.45, 2.75) is 50.1 Å². The first-order chi connectivity index (χ1) is 17.3. The number of nitrogens with two attached hydrogens (primary N) is 1. The van der Waals surface area contributed by atoms with Crippen molar-refractivity contribution in [3.8, 4) is 0 Å². The number of benzene rings is 1. The number of anilines is 3. The molecule has 0 spiro atoms. The number of carbonyl (C=O) groups excluding carboxylic acids is 2. The van der Waals surface area contributed by atoms with Crippen molar-refractivity contribution < 1.29 is 40.3 Å². The standard InChI is InChI=1S/C22H21F7N6O2/c23-16-17(30)31-10-32-18(16)35-6-2-4-15(20(35)37)34-5-1-3-14(19(34)36)33-13-8-11(21(24,25)26)7-12(9-13)22(27,28)29/h7-10,14-15,33H,1-6H2,(H2,30,31,32)/t14?,15-/m1/s1. The highest BCUT2D eigenvalue weighted by Gasteiger charge is 2.42. The molecule has 2 aliphatic rings. The van der Waals surface area contributed by atoms with E-state index in [1.54, 1.807) is 0 Å². The van der Waals surface area contributed by atoms with Crippen LogP contribution in [0.3, 0.4) is 0 Å². The molecular weight excluding hydrogens is 513 g/mol. The van der Waals surface area contributed by atoms with Crippen LogP contribution in [-0.2, 0) is 21.9 Å². The molecule has 0 bridgehead atoms. The lowest BCUT2D eigenvalue weighted by Gasteiger charge is -2.41. The molecule has 2 aromatic rings. The van der Waals surface area contributed by atoms with E-state index in [1.807, 2.05) is 0 Å². The molecular formula is C22H21F7N6O2. The first kappa shape index (κ1) is 26.4. The molecule has 1 aromatic carbocycles. The Labute approximate surface area is 205 Å². The molecule has 2 amide bonds. The molecule has 3 heterocycles. The van der Waals surface area contributed by atoms with Crippen LogP contribution >= 0.6 is 0 Å². The summed E-state index contributed by atoms with van der Waals surface area (Å²) in [6.07, 6.45) is -8.04. The van der Waals surface area contributed by atoms with E-state index in [2.05, 4.69) is 15.3 Å². The summed E-state index contributed by atoms with van der Waals surface area (Å²) in [6, 6.07) is -1.20. The predicted octanol–water partition coefficient (Wildman–Crippen LogP) is 3.83. The van der Waals surface area contributed by atoms with Crippen molar-refractivity contribution in [3.05, 3.63) is 41.5 Å². The smallest absolute Gasteiger partial charge is 0.381 e. The summed E-state index contributed by atoms with van der Waals surface area (Å²) in [5.74, 6) is -3.09. The molecule has 15 heteroatoms. The van der Waals surface area contributed by atoms with Gasteiger partial charge in [0.15, 0.2) is 11.6 Å². The Hall–Kier alpha value is -3.65. The third-order valence-electron chi connectivity index (χ3n) is 6.24. The number of nitrogens with zero attached hydrogens (tertiary/aromatic N) is 4. The number of hydrogen-bond acceptors (Lipinski definition) is 6. The molecule has 0 saturated carbocycles. The van der Waals surface area contributed by atoms with Crippen molar-refractivity contribution in [3.63, 3.8) is 0 Å². The number of likely N-dealkylation sites (tertiary alicyclic amines) is 1. The number of amides is 2. The van der Waals surface area contributed by atoms with Crippen LogP contribution in [0, 0.1) is 5.82 Å². The van der Waals surface area contributed by atoms with E-state index in [1.165, 1.54) is 4.90 Å². The SMILES string of the molecule is Nc1ncnc(N2CCC[C@@H](N3CCCC(Nc4cc(C(F)(F)F)cc(C(F)(F)F)c4)C3=O)C2=O)c1F. The lowest BCUT2D eigenvalue weighted by Crippen LogP contribution is -2.59. The topological polar surface area (TPSA) is 104 Å². The molecule has 8 nitrogen and oxygen atoms in total. The number of alkyl halides is 6. The third kappa shape index (κ3) is 5.39. The summed E-state index contributed by atoms with van der Waals surface area (Å²) in [4.78, 5) is 36.0. The van der Waals surface area contributed by atoms with Gasteiger partial charge in [0.2, 0.25) is 11.7 Å². The summed E-state index contributed by atoms with van der Waals surface area (Å²) < 4.78 is 93.7. The summed E-state index contributed by atoms with van der Waals surface area (Å²) in [7, 11) is 0. The lowest BCUT2D eigenvalue weighted by molar-refractivity contribution is -0.143. The number of nitrogen functional groups attached to an aromatic ring is 1. The fraction of sp³-hybridized carbons (Fsp3) is 0.455. The van der Waals surface area contributed by atoms with Gasteiger partial charge < -0.3 is 16.0 Å². The molecule has 0 radical (unpaired) electrons. The van der Waals surface area contributed by atoms with E-state index in [0.29, 0.717) is 25.0 Å². The molecule has 2 aliphatic heterocycles. The fourth-order valence-corrected chi connectivity index (χ4v) is 4.50. The summed E-state index contributed by atoms with van der Waals surface area (Å²) in [5, 5.41) is 2.49. The fourth-order valence-electron chi connectivity index (χ4n) is 4.50. The van der Waals surface area contributed by atoms with E-state index in [4.69, 9.17) is 5.73 Å². The van der Waals surface area contributed by atoms with Gasteiger partial charge in [-0.15, -0.1) is 0 Å². The van der Waals surface area contributed by atoms with E-state index < -0.39 is 64.7 Å². The van der Waals surface area contributed by atoms with Crippen molar-refractivity contribution in [2.75, 3.05) is 29.0 Å². The van der Waals surface area contributed by atoms with Crippen LogP contribution in [0.2, 0.25) is 0 Å². The van der Waals surface area contributed by atoms with Gasteiger partial charge in [0.1, 0.15) is 18.4 Å². The number of hydrogen-bond donors (Lipinski definition) is 2. The van der Waals surface area contributed by atoms with Crippen molar-refractivity contribution >= 4 is 29.1 Å². The molecule has 37 heavy (non-hydrogen) atoms. The maximum absolute atomic E-state index is 14.4. The molecule has 0 aliphatic carbocycles. The van der Waals surface area contributed by atoms with Crippen LogP contribution in [0.4, 0.5) is 48.1 Å². The van der Waals surface area contributed by atoms with Crippen LogP contribution in [0.15, 0.2) is 24.5 Å². The Morgan fingerprint density at radius 2 is 1.51 bits per heavy atom. The number of piperidine rings is 2. The number of aromatic nitrogens is 2. The zero-order valence-corrected chi connectivity index (χ0v) is 19.0. The highest BCUT2D eigenvalue weighted by Crippen LogP contribution is 2.38. The number of halogens is 7. The third-order valence-corrected chi connectivity index (χ3v) is 6.24. The molecule has 2 saturated heterocycles. The first-order valence-corrected chi connectivity index (χ1v) is 11.2. The van der Waals surface area contributed by atoms with E-state index in [0.717, 1.165) is 11.2 Å². The number of rotatable bonds is 4. The zero-order chi connectivity index (χ0) is 27.1. The Bertz CT molecular complexity index is 1170. The highest BCUT2D eigenvalue weighted by atomic mass is 19.4. The molecule has 2 atom stereocenters. The zero-order valence-electron chi connectivity index (χ0n) is 19.0. The Morgan fingerprint density at radius 1 is 0.892 bits per heavy atom. The van der Waals surface area contributed by atoms with Crippen molar-refractivity contribution in [1.82, 2.24) is 14.9 Å². The largest absolute Gasteiger partial charge is 0.416 e. The van der Waals surface area contributed by atoms with Gasteiger partial charge in [-0.1, -0.05) is 0 Å². The molecule has 1 unspecified atom stereocenters. The molecule has 2 fully saturated rings. The summed E-state index contributed by atoms with van der Waals surface area (Å²) in [6.45, 7) is 0.239. The lowest BCUT2D eigenvalue weighted by atomic mass is 9.96. The van der Waals surface area contributed by atoms with Crippen molar-refractivity contribution in [1.29, 1.82) is 0 Å². The quantitative estimate of drug-likeness (QED) is 0.578. The molecule has 4 rings (SSSR count). The Kier molecular flexibility index (Phi) is 6.90.